The van der Waals surface area contributed by atoms with Gasteiger partial charge in [0.2, 0.25) is 12.7 Å². The molecule has 5 nitrogen and oxygen atoms in total. The molecular formula is C22H26N2O3. The van der Waals surface area contributed by atoms with Crippen LogP contribution in [-0.2, 0) is 11.3 Å². The van der Waals surface area contributed by atoms with Gasteiger partial charge in [0.1, 0.15) is 0 Å². The summed E-state index contributed by atoms with van der Waals surface area (Å²) in [5, 5.41) is 6.12. The predicted molar refractivity (Wildman–Crippen MR) is 105 cm³/mol. The van der Waals surface area contributed by atoms with Gasteiger partial charge in [0.25, 0.3) is 0 Å². The second-order valence-electron chi connectivity index (χ2n) is 7.30. The Morgan fingerprint density at radius 3 is 2.56 bits per heavy atom. The average molecular weight is 366 g/mol. The second-order valence-corrected chi connectivity index (χ2v) is 7.30. The number of anilines is 1. The van der Waals surface area contributed by atoms with E-state index in [1.165, 1.54) is 37.7 Å². The molecule has 0 saturated heterocycles. The first kappa shape index (κ1) is 17.9. The zero-order valence-electron chi connectivity index (χ0n) is 15.5. The molecule has 1 amide bonds. The third-order valence-corrected chi connectivity index (χ3v) is 5.32. The molecule has 0 atom stereocenters. The normalized spacial score (nSPS) is 16.3. The number of carbonyl (C=O) groups excluding carboxylic acids is 1. The molecule has 0 radical (unpaired) electrons. The minimum atomic E-state index is -0.0406. The topological polar surface area (TPSA) is 59.6 Å². The van der Waals surface area contributed by atoms with Crippen molar-refractivity contribution in [2.24, 2.45) is 0 Å². The minimum absolute atomic E-state index is 0.0406. The van der Waals surface area contributed by atoms with Gasteiger partial charge >= 0.3 is 0 Å². The zero-order valence-corrected chi connectivity index (χ0v) is 15.5. The van der Waals surface area contributed by atoms with Crippen molar-refractivity contribution in [3.05, 3.63) is 53.6 Å². The molecule has 1 saturated carbocycles. The van der Waals surface area contributed by atoms with Crippen LogP contribution in [-0.4, -0.2) is 19.2 Å². The number of fused-ring (bicyclic) bond motifs is 1. The van der Waals surface area contributed by atoms with Crippen LogP contribution in [0.25, 0.3) is 0 Å². The Hall–Kier alpha value is -2.53. The Kier molecular flexibility index (Phi) is 5.58. The molecule has 1 fully saturated rings. The van der Waals surface area contributed by atoms with E-state index >= 15 is 0 Å². The molecule has 1 heterocycles. The van der Waals surface area contributed by atoms with E-state index in [2.05, 4.69) is 22.8 Å². The van der Waals surface area contributed by atoms with Crippen molar-refractivity contribution in [2.75, 3.05) is 18.7 Å². The summed E-state index contributed by atoms with van der Waals surface area (Å²) in [7, 11) is 0. The molecule has 4 rings (SSSR count). The third-order valence-electron chi connectivity index (χ3n) is 5.32. The van der Waals surface area contributed by atoms with E-state index in [4.69, 9.17) is 9.47 Å². The van der Waals surface area contributed by atoms with Crippen molar-refractivity contribution >= 4 is 11.6 Å². The van der Waals surface area contributed by atoms with Crippen molar-refractivity contribution in [2.45, 2.75) is 44.6 Å². The maximum Gasteiger partial charge on any atom is 0.238 e. The summed E-state index contributed by atoms with van der Waals surface area (Å²) in [5.74, 6) is 2.18. The SMILES string of the molecule is O=C(CNCc1ccc2c(c1)OCO2)Nc1ccc(C2CCCCC2)cc1. The van der Waals surface area contributed by atoms with E-state index in [0.717, 1.165) is 22.7 Å². The van der Waals surface area contributed by atoms with Crippen LogP contribution in [0.15, 0.2) is 42.5 Å². The van der Waals surface area contributed by atoms with Gasteiger partial charge in [0.05, 0.1) is 6.54 Å². The number of hydrogen-bond acceptors (Lipinski definition) is 4. The maximum absolute atomic E-state index is 12.2. The summed E-state index contributed by atoms with van der Waals surface area (Å²) in [6.07, 6.45) is 6.60. The Morgan fingerprint density at radius 2 is 1.74 bits per heavy atom. The first-order chi connectivity index (χ1) is 13.3. The summed E-state index contributed by atoms with van der Waals surface area (Å²) in [5.41, 5.74) is 3.31. The number of carbonyl (C=O) groups is 1. The number of rotatable bonds is 6. The molecule has 2 aliphatic rings. The molecule has 0 spiro atoms. The molecule has 2 aromatic carbocycles. The van der Waals surface area contributed by atoms with Crippen LogP contribution >= 0.6 is 0 Å². The van der Waals surface area contributed by atoms with Crippen LogP contribution in [0.2, 0.25) is 0 Å². The Morgan fingerprint density at radius 1 is 0.963 bits per heavy atom. The summed E-state index contributed by atoms with van der Waals surface area (Å²) in [6, 6.07) is 14.2. The Bertz CT molecular complexity index is 783. The van der Waals surface area contributed by atoms with E-state index in [-0.39, 0.29) is 19.2 Å². The van der Waals surface area contributed by atoms with Crippen LogP contribution in [0.1, 0.15) is 49.1 Å². The number of ether oxygens (including phenoxy) is 2. The third kappa shape index (κ3) is 4.61. The molecule has 2 N–H and O–H groups in total. The van der Waals surface area contributed by atoms with Gasteiger partial charge in [0.15, 0.2) is 11.5 Å². The van der Waals surface area contributed by atoms with Crippen molar-refractivity contribution in [1.82, 2.24) is 5.32 Å². The lowest BCUT2D eigenvalue weighted by molar-refractivity contribution is -0.115. The van der Waals surface area contributed by atoms with Gasteiger partial charge in [-0.3, -0.25) is 4.79 Å². The van der Waals surface area contributed by atoms with Crippen LogP contribution in [0.4, 0.5) is 5.69 Å². The number of hydrogen-bond donors (Lipinski definition) is 2. The molecule has 0 aromatic heterocycles. The number of nitrogens with one attached hydrogen (secondary N) is 2. The lowest BCUT2D eigenvalue weighted by Crippen LogP contribution is -2.27. The zero-order chi connectivity index (χ0) is 18.5. The molecule has 0 unspecified atom stereocenters. The van der Waals surface area contributed by atoms with E-state index in [1.807, 2.05) is 30.3 Å². The first-order valence-electron chi connectivity index (χ1n) is 9.77. The van der Waals surface area contributed by atoms with Gasteiger partial charge in [-0.05, 0) is 54.2 Å². The summed E-state index contributed by atoms with van der Waals surface area (Å²) in [6.45, 7) is 1.14. The lowest BCUT2D eigenvalue weighted by Gasteiger charge is -2.22. The predicted octanol–water partition coefficient (Wildman–Crippen LogP) is 4.19. The van der Waals surface area contributed by atoms with E-state index in [0.29, 0.717) is 12.5 Å². The lowest BCUT2D eigenvalue weighted by atomic mass is 9.84. The highest BCUT2D eigenvalue weighted by Crippen LogP contribution is 2.33. The van der Waals surface area contributed by atoms with Gasteiger partial charge in [-0.2, -0.15) is 0 Å². The fourth-order valence-electron chi connectivity index (χ4n) is 3.85. The Labute approximate surface area is 160 Å². The summed E-state index contributed by atoms with van der Waals surface area (Å²) < 4.78 is 10.7. The van der Waals surface area contributed by atoms with Crippen molar-refractivity contribution in [1.29, 1.82) is 0 Å². The highest BCUT2D eigenvalue weighted by atomic mass is 16.7. The molecule has 5 heteroatoms. The van der Waals surface area contributed by atoms with E-state index in [1.54, 1.807) is 0 Å². The van der Waals surface area contributed by atoms with Gasteiger partial charge in [-0.15, -0.1) is 0 Å². The fraction of sp³-hybridized carbons (Fsp3) is 0.409. The highest BCUT2D eigenvalue weighted by Gasteiger charge is 2.15. The standard InChI is InChI=1S/C22H26N2O3/c25-22(14-23-13-16-6-11-20-21(12-16)27-15-26-20)24-19-9-7-18(8-10-19)17-4-2-1-3-5-17/h6-12,17,23H,1-5,13-15H2,(H,24,25). The summed E-state index contributed by atoms with van der Waals surface area (Å²) in [4.78, 5) is 12.2. The monoisotopic (exact) mass is 366 g/mol. The quantitative estimate of drug-likeness (QED) is 0.805. The van der Waals surface area contributed by atoms with Crippen LogP contribution in [0, 0.1) is 0 Å². The molecule has 1 aliphatic carbocycles. The summed E-state index contributed by atoms with van der Waals surface area (Å²) >= 11 is 0. The van der Waals surface area contributed by atoms with Crippen LogP contribution < -0.4 is 20.1 Å². The van der Waals surface area contributed by atoms with Crippen molar-refractivity contribution in [3.8, 4) is 11.5 Å². The smallest absolute Gasteiger partial charge is 0.238 e. The van der Waals surface area contributed by atoms with Crippen molar-refractivity contribution < 1.29 is 14.3 Å². The van der Waals surface area contributed by atoms with Gasteiger partial charge in [-0.25, -0.2) is 0 Å². The van der Waals surface area contributed by atoms with Gasteiger partial charge < -0.3 is 20.1 Å². The minimum Gasteiger partial charge on any atom is -0.454 e. The number of amides is 1. The van der Waals surface area contributed by atoms with Crippen molar-refractivity contribution in [3.63, 3.8) is 0 Å². The molecule has 142 valence electrons. The molecule has 2 aromatic rings. The molecule has 0 bridgehead atoms. The largest absolute Gasteiger partial charge is 0.454 e. The van der Waals surface area contributed by atoms with E-state index < -0.39 is 0 Å². The molecular weight excluding hydrogens is 340 g/mol. The number of benzene rings is 2. The first-order valence-corrected chi connectivity index (χ1v) is 9.77. The molecule has 1 aliphatic heterocycles. The van der Waals surface area contributed by atoms with Crippen LogP contribution in [0.5, 0.6) is 11.5 Å². The Balaban J connectivity index is 1.23. The van der Waals surface area contributed by atoms with E-state index in [9.17, 15) is 4.79 Å². The van der Waals surface area contributed by atoms with Gasteiger partial charge in [0, 0.05) is 12.2 Å². The fourth-order valence-corrected chi connectivity index (χ4v) is 3.85. The van der Waals surface area contributed by atoms with Crippen LogP contribution in [0.3, 0.4) is 0 Å². The highest BCUT2D eigenvalue weighted by molar-refractivity contribution is 5.92. The van der Waals surface area contributed by atoms with Gasteiger partial charge in [-0.1, -0.05) is 37.5 Å². The molecule has 27 heavy (non-hydrogen) atoms. The maximum atomic E-state index is 12.2. The average Bonchev–Trinajstić information content (AvgIpc) is 3.17. The second kappa shape index (κ2) is 8.44.